The van der Waals surface area contributed by atoms with Gasteiger partial charge in [-0.3, -0.25) is 4.79 Å². The number of amides is 2. The van der Waals surface area contributed by atoms with Gasteiger partial charge < -0.3 is 30.4 Å². The maximum atomic E-state index is 12.0. The highest BCUT2D eigenvalue weighted by Gasteiger charge is 2.24. The first-order valence-electron chi connectivity index (χ1n) is 9.33. The van der Waals surface area contributed by atoms with E-state index >= 15 is 0 Å². The molecule has 0 aliphatic carbocycles. The molecule has 2 amide bonds. The van der Waals surface area contributed by atoms with Crippen LogP contribution in [0.4, 0.5) is 4.79 Å². The number of furan rings is 1. The third-order valence-electron chi connectivity index (χ3n) is 3.30. The summed E-state index contributed by atoms with van der Waals surface area (Å²) in [5.41, 5.74) is -1.15. The zero-order chi connectivity index (χ0) is 21.2. The Labute approximate surface area is 189 Å². The number of halogens is 1. The van der Waals surface area contributed by atoms with Gasteiger partial charge in [-0.15, -0.1) is 24.0 Å². The Morgan fingerprint density at radius 3 is 2.38 bits per heavy atom. The van der Waals surface area contributed by atoms with Crippen molar-refractivity contribution in [3.05, 3.63) is 24.2 Å². The molecule has 166 valence electrons. The van der Waals surface area contributed by atoms with Gasteiger partial charge in [0.25, 0.3) is 0 Å². The predicted octanol–water partition coefficient (Wildman–Crippen LogP) is 2.37. The third-order valence-corrected chi connectivity index (χ3v) is 3.30. The normalized spacial score (nSPS) is 11.9. The Kier molecular flexibility index (Phi) is 11.7. The van der Waals surface area contributed by atoms with E-state index in [9.17, 15) is 9.59 Å². The topological polar surface area (TPSA) is 117 Å². The maximum absolute atomic E-state index is 12.0. The molecule has 0 saturated carbocycles. The summed E-state index contributed by atoms with van der Waals surface area (Å²) in [6.45, 7) is 12.4. The Morgan fingerprint density at radius 1 is 1.14 bits per heavy atom. The van der Waals surface area contributed by atoms with Gasteiger partial charge in [-0.25, -0.2) is 9.79 Å². The van der Waals surface area contributed by atoms with Crippen LogP contribution in [0.15, 0.2) is 27.8 Å². The number of hydrogen-bond donors (Lipinski definition) is 4. The molecule has 29 heavy (non-hydrogen) atoms. The Morgan fingerprint density at radius 2 is 1.83 bits per heavy atom. The van der Waals surface area contributed by atoms with Crippen LogP contribution in [0, 0.1) is 0 Å². The number of alkyl carbamates (subject to hydrolysis) is 1. The predicted molar refractivity (Wildman–Crippen MR) is 123 cm³/mol. The molecular weight excluding hydrogens is 489 g/mol. The van der Waals surface area contributed by atoms with Crippen LogP contribution in [-0.2, 0) is 16.1 Å². The highest BCUT2D eigenvalue weighted by atomic mass is 127. The first kappa shape index (κ1) is 27.0. The summed E-state index contributed by atoms with van der Waals surface area (Å²) in [7, 11) is 0. The van der Waals surface area contributed by atoms with Gasteiger partial charge in [0.05, 0.1) is 18.3 Å². The van der Waals surface area contributed by atoms with Crippen LogP contribution in [0.3, 0.4) is 0 Å². The minimum atomic E-state index is -0.583. The summed E-state index contributed by atoms with van der Waals surface area (Å²) in [6.07, 6.45) is 1.07. The molecule has 1 aromatic rings. The van der Waals surface area contributed by atoms with Gasteiger partial charge in [-0.05, 0) is 53.7 Å². The second kappa shape index (κ2) is 12.6. The monoisotopic (exact) mass is 523 g/mol. The average molecular weight is 523 g/mol. The number of ether oxygens (including phenoxy) is 1. The first-order chi connectivity index (χ1) is 13.0. The van der Waals surface area contributed by atoms with E-state index in [4.69, 9.17) is 9.15 Å². The van der Waals surface area contributed by atoms with E-state index in [0.29, 0.717) is 31.4 Å². The van der Waals surface area contributed by atoms with Crippen molar-refractivity contribution in [1.82, 2.24) is 21.3 Å². The Bertz CT molecular complexity index is 654. The van der Waals surface area contributed by atoms with Gasteiger partial charge in [0, 0.05) is 13.1 Å². The van der Waals surface area contributed by atoms with E-state index in [2.05, 4.69) is 26.3 Å². The van der Waals surface area contributed by atoms with Gasteiger partial charge in [-0.2, -0.15) is 0 Å². The van der Waals surface area contributed by atoms with Crippen molar-refractivity contribution < 1.29 is 18.7 Å². The van der Waals surface area contributed by atoms with Gasteiger partial charge in [0.1, 0.15) is 17.9 Å². The van der Waals surface area contributed by atoms with Crippen molar-refractivity contribution in [3.63, 3.8) is 0 Å². The number of carbonyl (C=O) groups excluding carboxylic acids is 2. The summed E-state index contributed by atoms with van der Waals surface area (Å²) in [4.78, 5) is 28.2. The summed E-state index contributed by atoms with van der Waals surface area (Å²) >= 11 is 0. The lowest BCUT2D eigenvalue weighted by Gasteiger charge is -2.29. The molecule has 1 heterocycles. The molecule has 0 fully saturated rings. The molecule has 9 nitrogen and oxygen atoms in total. The first-order valence-corrected chi connectivity index (χ1v) is 9.33. The van der Waals surface area contributed by atoms with E-state index in [1.54, 1.807) is 18.4 Å². The average Bonchev–Trinajstić information content (AvgIpc) is 3.06. The molecule has 1 rings (SSSR count). The van der Waals surface area contributed by atoms with Crippen LogP contribution < -0.4 is 21.3 Å². The minimum absolute atomic E-state index is 0. The molecule has 4 N–H and O–H groups in total. The van der Waals surface area contributed by atoms with Crippen molar-refractivity contribution in [2.45, 2.75) is 59.2 Å². The van der Waals surface area contributed by atoms with Crippen molar-refractivity contribution in [2.24, 2.45) is 4.99 Å². The van der Waals surface area contributed by atoms with Crippen LogP contribution in [0.2, 0.25) is 0 Å². The Hall–Kier alpha value is -1.98. The molecule has 1 aromatic heterocycles. The number of nitrogens with zero attached hydrogens (tertiary/aromatic N) is 1. The van der Waals surface area contributed by atoms with Crippen LogP contribution in [0.1, 0.15) is 47.3 Å². The Balaban J connectivity index is 0.00000784. The molecule has 0 radical (unpaired) electrons. The van der Waals surface area contributed by atoms with Crippen LogP contribution in [0.5, 0.6) is 0 Å². The highest BCUT2D eigenvalue weighted by Crippen LogP contribution is 2.09. The fourth-order valence-electron chi connectivity index (χ4n) is 2.08. The quantitative estimate of drug-likeness (QED) is 0.236. The van der Waals surface area contributed by atoms with Crippen molar-refractivity contribution >= 4 is 41.9 Å². The van der Waals surface area contributed by atoms with Gasteiger partial charge in [0.2, 0.25) is 5.91 Å². The molecule has 0 atom stereocenters. The van der Waals surface area contributed by atoms with E-state index in [1.807, 2.05) is 41.5 Å². The van der Waals surface area contributed by atoms with Gasteiger partial charge >= 0.3 is 6.09 Å². The molecule has 0 unspecified atom stereocenters. The number of rotatable bonds is 8. The molecule has 0 aliphatic heterocycles. The minimum Gasteiger partial charge on any atom is -0.467 e. The smallest absolute Gasteiger partial charge is 0.408 e. The standard InChI is InChI=1S/C19H33N5O4.HI/c1-7-20-16(22-12-15(25)21-11-14-9-8-10-27-14)23-13-19(5,6)24-17(26)28-18(2,3)4;/h8-10H,7,11-13H2,1-6H3,(H,21,25)(H,24,26)(H2,20,22,23);1H. The van der Waals surface area contributed by atoms with Crippen LogP contribution in [0.25, 0.3) is 0 Å². The van der Waals surface area contributed by atoms with Gasteiger partial charge in [0.15, 0.2) is 5.96 Å². The molecular formula is C19H34IN5O4. The zero-order valence-electron chi connectivity index (χ0n) is 18.0. The zero-order valence-corrected chi connectivity index (χ0v) is 20.4. The lowest BCUT2D eigenvalue weighted by Crippen LogP contribution is -2.54. The lowest BCUT2D eigenvalue weighted by atomic mass is 10.1. The maximum Gasteiger partial charge on any atom is 0.408 e. The van der Waals surface area contributed by atoms with E-state index < -0.39 is 17.2 Å². The van der Waals surface area contributed by atoms with E-state index in [-0.39, 0.29) is 36.4 Å². The summed E-state index contributed by atoms with van der Waals surface area (Å²) in [5, 5.41) is 11.7. The molecule has 0 aliphatic rings. The summed E-state index contributed by atoms with van der Waals surface area (Å²) in [5.74, 6) is 0.937. The number of carbonyl (C=O) groups is 2. The second-order valence-electron chi connectivity index (χ2n) is 7.92. The largest absolute Gasteiger partial charge is 0.467 e. The van der Waals surface area contributed by atoms with Crippen molar-refractivity contribution in [2.75, 3.05) is 19.6 Å². The van der Waals surface area contributed by atoms with Crippen molar-refractivity contribution in [3.8, 4) is 0 Å². The fraction of sp³-hybridized carbons (Fsp3) is 0.632. The summed E-state index contributed by atoms with van der Waals surface area (Å²) in [6, 6.07) is 3.55. The number of guanidine groups is 1. The molecule has 0 aromatic carbocycles. The van der Waals surface area contributed by atoms with Crippen LogP contribution >= 0.6 is 24.0 Å². The molecule has 10 heteroatoms. The fourth-order valence-corrected chi connectivity index (χ4v) is 2.08. The SMILES string of the molecule is CCNC(=NCC(=O)NCc1ccco1)NCC(C)(C)NC(=O)OC(C)(C)C.I. The third kappa shape index (κ3) is 13.0. The number of hydrogen-bond acceptors (Lipinski definition) is 5. The molecule has 0 saturated heterocycles. The lowest BCUT2D eigenvalue weighted by molar-refractivity contribution is -0.119. The molecule has 0 spiro atoms. The van der Waals surface area contributed by atoms with Crippen molar-refractivity contribution in [1.29, 1.82) is 0 Å². The van der Waals surface area contributed by atoms with Crippen LogP contribution in [-0.4, -0.2) is 48.7 Å². The highest BCUT2D eigenvalue weighted by molar-refractivity contribution is 14.0. The van der Waals surface area contributed by atoms with E-state index in [1.165, 1.54) is 0 Å². The summed E-state index contributed by atoms with van der Waals surface area (Å²) < 4.78 is 10.4. The molecule has 0 bridgehead atoms. The van der Waals surface area contributed by atoms with Gasteiger partial charge in [-0.1, -0.05) is 0 Å². The number of aliphatic imine (C=N–C) groups is 1. The second-order valence-corrected chi connectivity index (χ2v) is 7.92. The number of nitrogens with one attached hydrogen (secondary N) is 4. The van der Waals surface area contributed by atoms with E-state index in [0.717, 1.165) is 0 Å².